The molecule has 1 atom stereocenters. The van der Waals surface area contributed by atoms with Crippen molar-refractivity contribution in [2.75, 3.05) is 6.61 Å². The zero-order valence-electron chi connectivity index (χ0n) is 10.8. The van der Waals surface area contributed by atoms with Gasteiger partial charge in [-0.25, -0.2) is 4.39 Å². The molecule has 0 amide bonds. The van der Waals surface area contributed by atoms with Crippen LogP contribution in [0.3, 0.4) is 0 Å². The van der Waals surface area contributed by atoms with Gasteiger partial charge in [-0.15, -0.1) is 0 Å². The Labute approximate surface area is 125 Å². The molecule has 2 aromatic rings. The molecule has 2 nitrogen and oxygen atoms in total. The van der Waals surface area contributed by atoms with Crippen molar-refractivity contribution in [1.82, 2.24) is 0 Å². The second-order valence-electron chi connectivity index (χ2n) is 4.92. The molecular formula is C16H14BrFO2. The molecule has 1 aliphatic rings. The lowest BCUT2D eigenvalue weighted by Crippen LogP contribution is -2.03. The fraction of sp³-hybridized carbons (Fsp3) is 0.250. The molecule has 0 bridgehead atoms. The molecule has 1 N–H and O–H groups in total. The highest BCUT2D eigenvalue weighted by molar-refractivity contribution is 9.10. The first-order valence-electron chi connectivity index (χ1n) is 6.51. The first-order chi connectivity index (χ1) is 9.63. The summed E-state index contributed by atoms with van der Waals surface area (Å²) in [4.78, 5) is 0. The van der Waals surface area contributed by atoms with Gasteiger partial charge < -0.3 is 9.84 Å². The summed E-state index contributed by atoms with van der Waals surface area (Å²) >= 11 is 3.48. The first kappa shape index (κ1) is 13.6. The van der Waals surface area contributed by atoms with Crippen LogP contribution in [0.2, 0.25) is 0 Å². The van der Waals surface area contributed by atoms with Crippen molar-refractivity contribution in [3.8, 4) is 5.75 Å². The van der Waals surface area contributed by atoms with Crippen molar-refractivity contribution >= 4 is 15.9 Å². The Morgan fingerprint density at radius 1 is 1.25 bits per heavy atom. The van der Waals surface area contributed by atoms with E-state index < -0.39 is 6.10 Å². The molecule has 0 saturated carbocycles. The zero-order chi connectivity index (χ0) is 14.1. The largest absolute Gasteiger partial charge is 0.493 e. The van der Waals surface area contributed by atoms with E-state index in [2.05, 4.69) is 22.0 Å². The third-order valence-corrected chi connectivity index (χ3v) is 3.95. The van der Waals surface area contributed by atoms with E-state index in [9.17, 15) is 9.50 Å². The van der Waals surface area contributed by atoms with Crippen LogP contribution >= 0.6 is 15.9 Å². The second kappa shape index (κ2) is 5.54. The summed E-state index contributed by atoms with van der Waals surface area (Å²) in [6.07, 6.45) is 0.681. The summed E-state index contributed by atoms with van der Waals surface area (Å²) in [5.74, 6) is 0.585. The van der Waals surface area contributed by atoms with Crippen LogP contribution in [0.25, 0.3) is 0 Å². The average molecular weight is 337 g/mol. The van der Waals surface area contributed by atoms with E-state index in [4.69, 9.17) is 4.74 Å². The Balaban J connectivity index is 1.86. The van der Waals surface area contributed by atoms with Crippen molar-refractivity contribution in [3.05, 3.63) is 63.4 Å². The van der Waals surface area contributed by atoms with Gasteiger partial charge in [0.1, 0.15) is 11.6 Å². The van der Waals surface area contributed by atoms with Crippen LogP contribution in [0.15, 0.2) is 40.9 Å². The predicted molar refractivity (Wildman–Crippen MR) is 78.4 cm³/mol. The van der Waals surface area contributed by atoms with Crippen LogP contribution in [0.1, 0.15) is 22.8 Å². The van der Waals surface area contributed by atoms with E-state index in [1.807, 2.05) is 6.07 Å². The van der Waals surface area contributed by atoms with Gasteiger partial charge in [-0.2, -0.15) is 0 Å². The number of hydrogen-bond donors (Lipinski definition) is 1. The van der Waals surface area contributed by atoms with E-state index in [1.165, 1.54) is 17.7 Å². The van der Waals surface area contributed by atoms with Crippen molar-refractivity contribution in [2.45, 2.75) is 18.9 Å². The standard InChI is InChI=1S/C16H14BrFO2/c17-13-7-11-5-6-20-16(11)12(8-13)9-15(19)10-1-3-14(18)4-2-10/h1-4,7-8,15,19H,5-6,9H2. The molecule has 0 fully saturated rings. The third kappa shape index (κ3) is 2.72. The van der Waals surface area contributed by atoms with Crippen LogP contribution < -0.4 is 4.74 Å². The van der Waals surface area contributed by atoms with Gasteiger partial charge in [0.05, 0.1) is 12.7 Å². The van der Waals surface area contributed by atoms with Crippen molar-refractivity contribution in [1.29, 1.82) is 0 Å². The number of hydrogen-bond acceptors (Lipinski definition) is 2. The number of rotatable bonds is 3. The van der Waals surface area contributed by atoms with Crippen LogP contribution in [-0.4, -0.2) is 11.7 Å². The number of benzene rings is 2. The summed E-state index contributed by atoms with van der Waals surface area (Å²) < 4.78 is 19.5. The van der Waals surface area contributed by atoms with Gasteiger partial charge in [-0.3, -0.25) is 0 Å². The maximum Gasteiger partial charge on any atom is 0.125 e. The van der Waals surface area contributed by atoms with Gasteiger partial charge in [-0.05, 0) is 41.0 Å². The number of aliphatic hydroxyl groups excluding tert-OH is 1. The maximum atomic E-state index is 12.9. The fourth-order valence-corrected chi connectivity index (χ4v) is 3.06. The minimum Gasteiger partial charge on any atom is -0.493 e. The Morgan fingerprint density at radius 2 is 2.00 bits per heavy atom. The summed E-state index contributed by atoms with van der Waals surface area (Å²) in [7, 11) is 0. The maximum absolute atomic E-state index is 12.9. The Bertz CT molecular complexity index is 625. The van der Waals surface area contributed by atoms with Gasteiger partial charge in [0.25, 0.3) is 0 Å². The topological polar surface area (TPSA) is 29.5 Å². The smallest absolute Gasteiger partial charge is 0.125 e. The van der Waals surface area contributed by atoms with E-state index in [0.29, 0.717) is 18.6 Å². The highest BCUT2D eigenvalue weighted by Gasteiger charge is 2.20. The molecule has 104 valence electrons. The van der Waals surface area contributed by atoms with Gasteiger partial charge in [0.2, 0.25) is 0 Å². The molecule has 3 rings (SSSR count). The van der Waals surface area contributed by atoms with Gasteiger partial charge in [-0.1, -0.05) is 28.1 Å². The monoisotopic (exact) mass is 336 g/mol. The quantitative estimate of drug-likeness (QED) is 0.923. The lowest BCUT2D eigenvalue weighted by Gasteiger charge is -2.14. The molecule has 1 unspecified atom stereocenters. The van der Waals surface area contributed by atoms with E-state index in [0.717, 1.165) is 22.2 Å². The molecule has 0 saturated heterocycles. The average Bonchev–Trinajstić information content (AvgIpc) is 2.87. The molecule has 2 aromatic carbocycles. The zero-order valence-corrected chi connectivity index (χ0v) is 12.4. The Kier molecular flexibility index (Phi) is 3.76. The van der Waals surface area contributed by atoms with Gasteiger partial charge in [0.15, 0.2) is 0 Å². The van der Waals surface area contributed by atoms with Crippen molar-refractivity contribution < 1.29 is 14.2 Å². The lowest BCUT2D eigenvalue weighted by atomic mass is 9.99. The highest BCUT2D eigenvalue weighted by Crippen LogP contribution is 2.35. The SMILES string of the molecule is OC(Cc1cc(Br)cc2c1OCC2)c1ccc(F)cc1. The Hall–Kier alpha value is -1.39. The second-order valence-corrected chi connectivity index (χ2v) is 5.84. The normalized spacial score (nSPS) is 14.8. The van der Waals surface area contributed by atoms with Crippen LogP contribution in [-0.2, 0) is 12.8 Å². The molecule has 1 aliphatic heterocycles. The van der Waals surface area contributed by atoms with Crippen LogP contribution in [0, 0.1) is 5.82 Å². The molecule has 0 radical (unpaired) electrons. The van der Waals surface area contributed by atoms with E-state index in [1.54, 1.807) is 12.1 Å². The van der Waals surface area contributed by atoms with Gasteiger partial charge >= 0.3 is 0 Å². The number of aliphatic hydroxyl groups is 1. The molecule has 1 heterocycles. The number of halogens is 2. The Morgan fingerprint density at radius 3 is 2.75 bits per heavy atom. The minimum atomic E-state index is -0.668. The molecule has 4 heteroatoms. The number of ether oxygens (including phenoxy) is 1. The van der Waals surface area contributed by atoms with Crippen molar-refractivity contribution in [2.24, 2.45) is 0 Å². The van der Waals surface area contributed by atoms with E-state index in [-0.39, 0.29) is 5.82 Å². The summed E-state index contributed by atoms with van der Waals surface area (Å²) in [5.41, 5.74) is 2.85. The van der Waals surface area contributed by atoms with Crippen molar-refractivity contribution in [3.63, 3.8) is 0 Å². The summed E-state index contributed by atoms with van der Waals surface area (Å²) in [6.45, 7) is 0.686. The highest BCUT2D eigenvalue weighted by atomic mass is 79.9. The summed E-state index contributed by atoms with van der Waals surface area (Å²) in [6, 6.07) is 9.96. The van der Waals surface area contributed by atoms with Gasteiger partial charge in [0, 0.05) is 17.3 Å². The number of fused-ring (bicyclic) bond motifs is 1. The summed E-state index contributed by atoms with van der Waals surface area (Å²) in [5, 5.41) is 10.3. The molecule has 0 aromatic heterocycles. The fourth-order valence-electron chi connectivity index (χ4n) is 2.51. The third-order valence-electron chi connectivity index (χ3n) is 3.49. The predicted octanol–water partition coefficient (Wildman–Crippen LogP) is 3.80. The van der Waals surface area contributed by atoms with Crippen LogP contribution in [0.5, 0.6) is 5.75 Å². The van der Waals surface area contributed by atoms with Crippen LogP contribution in [0.4, 0.5) is 4.39 Å². The molecule has 0 aliphatic carbocycles. The minimum absolute atomic E-state index is 0.298. The molecule has 0 spiro atoms. The molecule has 20 heavy (non-hydrogen) atoms. The first-order valence-corrected chi connectivity index (χ1v) is 7.30. The molecular weight excluding hydrogens is 323 g/mol. The van der Waals surface area contributed by atoms with E-state index >= 15 is 0 Å². The lowest BCUT2D eigenvalue weighted by molar-refractivity contribution is 0.177.